The average molecular weight is 170 g/mol. The van der Waals surface area contributed by atoms with Crippen molar-refractivity contribution in [2.24, 2.45) is 5.73 Å². The monoisotopic (exact) mass is 170 g/mol. The van der Waals surface area contributed by atoms with Gasteiger partial charge in [-0.05, 0) is 19.8 Å². The van der Waals surface area contributed by atoms with Gasteiger partial charge in [0.1, 0.15) is 0 Å². The van der Waals surface area contributed by atoms with E-state index in [1.807, 2.05) is 6.92 Å². The standard InChI is InChI=1S/C9H18N2O/c1-8(10)7-11(12)9-5-3-2-4-6-9/h7-9H,2-6,10H2,1H3/b11-7-. The molecule has 0 aromatic heterocycles. The third-order valence-corrected chi connectivity index (χ3v) is 2.32. The van der Waals surface area contributed by atoms with Gasteiger partial charge < -0.3 is 10.9 Å². The fourth-order valence-corrected chi connectivity index (χ4v) is 1.69. The molecule has 1 atom stereocenters. The molecule has 0 bridgehead atoms. The summed E-state index contributed by atoms with van der Waals surface area (Å²) >= 11 is 0. The van der Waals surface area contributed by atoms with E-state index in [4.69, 9.17) is 5.73 Å². The molecule has 1 fully saturated rings. The maximum Gasteiger partial charge on any atom is 0.167 e. The maximum absolute atomic E-state index is 11.4. The molecule has 0 spiro atoms. The molecule has 0 radical (unpaired) electrons. The Morgan fingerprint density at radius 2 is 2.00 bits per heavy atom. The molecule has 0 heterocycles. The quantitative estimate of drug-likeness (QED) is 0.293. The van der Waals surface area contributed by atoms with Gasteiger partial charge in [-0.25, -0.2) is 4.74 Å². The highest BCUT2D eigenvalue weighted by atomic mass is 16.5. The number of hydroxylamine groups is 1. The second kappa shape index (κ2) is 4.45. The van der Waals surface area contributed by atoms with Gasteiger partial charge in [0.2, 0.25) is 0 Å². The van der Waals surface area contributed by atoms with Gasteiger partial charge in [-0.1, -0.05) is 6.42 Å². The van der Waals surface area contributed by atoms with E-state index in [1.54, 1.807) is 6.21 Å². The predicted octanol–water partition coefficient (Wildman–Crippen LogP) is 1.25. The van der Waals surface area contributed by atoms with Gasteiger partial charge >= 0.3 is 0 Å². The molecule has 12 heavy (non-hydrogen) atoms. The van der Waals surface area contributed by atoms with Gasteiger partial charge in [-0.2, -0.15) is 0 Å². The number of hydrogen-bond donors (Lipinski definition) is 1. The molecule has 0 amide bonds. The first-order valence-electron chi connectivity index (χ1n) is 4.76. The van der Waals surface area contributed by atoms with Gasteiger partial charge in [0, 0.05) is 12.8 Å². The van der Waals surface area contributed by atoms with E-state index >= 15 is 0 Å². The van der Waals surface area contributed by atoms with Crippen LogP contribution in [0.15, 0.2) is 0 Å². The predicted molar refractivity (Wildman–Crippen MR) is 50.2 cm³/mol. The minimum Gasteiger partial charge on any atom is -0.624 e. The van der Waals surface area contributed by atoms with Gasteiger partial charge in [0.05, 0.1) is 6.04 Å². The molecule has 2 N–H and O–H groups in total. The molecular weight excluding hydrogens is 152 g/mol. The molecule has 3 nitrogen and oxygen atoms in total. The zero-order valence-corrected chi connectivity index (χ0v) is 7.70. The zero-order chi connectivity index (χ0) is 8.97. The highest BCUT2D eigenvalue weighted by Gasteiger charge is 2.19. The Morgan fingerprint density at radius 1 is 1.42 bits per heavy atom. The summed E-state index contributed by atoms with van der Waals surface area (Å²) in [5.74, 6) is 0. The summed E-state index contributed by atoms with van der Waals surface area (Å²) in [7, 11) is 0. The molecule has 0 aromatic carbocycles. The number of nitrogens with zero attached hydrogens (tertiary/aromatic N) is 1. The molecular formula is C9H18N2O. The normalized spacial score (nSPS) is 24.0. The van der Waals surface area contributed by atoms with E-state index in [-0.39, 0.29) is 12.1 Å². The molecule has 1 aliphatic carbocycles. The van der Waals surface area contributed by atoms with Crippen LogP contribution in [0.2, 0.25) is 0 Å². The number of hydrogen-bond acceptors (Lipinski definition) is 2. The van der Waals surface area contributed by atoms with Crippen molar-refractivity contribution >= 4 is 6.21 Å². The molecule has 0 aliphatic heterocycles. The second-order valence-corrected chi connectivity index (χ2v) is 3.66. The van der Waals surface area contributed by atoms with Crippen molar-refractivity contribution in [3.05, 3.63) is 5.21 Å². The van der Waals surface area contributed by atoms with Gasteiger partial charge in [-0.15, -0.1) is 0 Å². The van der Waals surface area contributed by atoms with Crippen molar-refractivity contribution in [1.29, 1.82) is 0 Å². The van der Waals surface area contributed by atoms with Crippen molar-refractivity contribution < 1.29 is 4.74 Å². The van der Waals surface area contributed by atoms with E-state index < -0.39 is 0 Å². The van der Waals surface area contributed by atoms with Crippen molar-refractivity contribution in [3.8, 4) is 0 Å². The highest BCUT2D eigenvalue weighted by Crippen LogP contribution is 2.19. The maximum atomic E-state index is 11.4. The SMILES string of the molecule is CC(N)/C=[N+](\[O-])C1CCCCC1. The highest BCUT2D eigenvalue weighted by molar-refractivity contribution is 5.57. The first kappa shape index (κ1) is 9.52. The van der Waals surface area contributed by atoms with E-state index in [9.17, 15) is 5.21 Å². The lowest BCUT2D eigenvalue weighted by molar-refractivity contribution is -0.502. The van der Waals surface area contributed by atoms with Crippen LogP contribution in [0.4, 0.5) is 0 Å². The summed E-state index contributed by atoms with van der Waals surface area (Å²) in [5, 5.41) is 11.4. The van der Waals surface area contributed by atoms with Crippen LogP contribution in [0, 0.1) is 5.21 Å². The van der Waals surface area contributed by atoms with Gasteiger partial charge in [-0.3, -0.25) is 0 Å². The van der Waals surface area contributed by atoms with Crippen LogP contribution < -0.4 is 5.73 Å². The average Bonchev–Trinajstić information content (AvgIpc) is 2.05. The van der Waals surface area contributed by atoms with Crippen LogP contribution in [0.25, 0.3) is 0 Å². The van der Waals surface area contributed by atoms with Crippen LogP contribution >= 0.6 is 0 Å². The first-order valence-corrected chi connectivity index (χ1v) is 4.76. The first-order chi connectivity index (χ1) is 5.70. The lowest BCUT2D eigenvalue weighted by Crippen LogP contribution is -2.30. The van der Waals surface area contributed by atoms with Gasteiger partial charge in [0.15, 0.2) is 12.3 Å². The molecule has 1 rings (SSSR count). The van der Waals surface area contributed by atoms with Crippen LogP contribution in [-0.2, 0) is 0 Å². The third-order valence-electron chi connectivity index (χ3n) is 2.32. The van der Waals surface area contributed by atoms with E-state index in [2.05, 4.69) is 0 Å². The van der Waals surface area contributed by atoms with Crippen LogP contribution in [0.1, 0.15) is 39.0 Å². The number of nitrogens with two attached hydrogens (primary N) is 1. The Bertz CT molecular complexity index is 160. The topological polar surface area (TPSA) is 52.1 Å². The molecule has 3 heteroatoms. The molecule has 1 unspecified atom stereocenters. The summed E-state index contributed by atoms with van der Waals surface area (Å²) in [6.07, 6.45) is 7.31. The Morgan fingerprint density at radius 3 is 2.50 bits per heavy atom. The third kappa shape index (κ3) is 2.81. The largest absolute Gasteiger partial charge is 0.624 e. The zero-order valence-electron chi connectivity index (χ0n) is 7.70. The van der Waals surface area contributed by atoms with Gasteiger partial charge in [0.25, 0.3) is 0 Å². The Balaban J connectivity index is 2.44. The van der Waals surface area contributed by atoms with Crippen LogP contribution in [0.3, 0.4) is 0 Å². The Hall–Kier alpha value is -0.570. The van der Waals surface area contributed by atoms with Crippen molar-refractivity contribution in [2.45, 2.75) is 51.1 Å². The van der Waals surface area contributed by atoms with Crippen molar-refractivity contribution in [3.63, 3.8) is 0 Å². The van der Waals surface area contributed by atoms with E-state index in [0.717, 1.165) is 17.6 Å². The van der Waals surface area contributed by atoms with E-state index in [0.29, 0.717) is 0 Å². The van der Waals surface area contributed by atoms with Crippen LogP contribution in [-0.4, -0.2) is 23.0 Å². The minimum atomic E-state index is -0.121. The molecule has 0 aromatic rings. The lowest BCUT2D eigenvalue weighted by Gasteiger charge is -2.21. The summed E-state index contributed by atoms with van der Waals surface area (Å²) in [4.78, 5) is 0. The molecule has 70 valence electrons. The molecule has 0 saturated heterocycles. The minimum absolute atomic E-state index is 0.121. The van der Waals surface area contributed by atoms with E-state index in [1.165, 1.54) is 19.3 Å². The second-order valence-electron chi connectivity index (χ2n) is 3.66. The smallest absolute Gasteiger partial charge is 0.167 e. The molecule has 1 saturated carbocycles. The lowest BCUT2D eigenvalue weighted by atomic mass is 9.96. The Kier molecular flexibility index (Phi) is 3.53. The van der Waals surface area contributed by atoms with Crippen molar-refractivity contribution in [2.75, 3.05) is 0 Å². The molecule has 1 aliphatic rings. The summed E-state index contributed by atoms with van der Waals surface area (Å²) in [6, 6.07) is 0.0779. The van der Waals surface area contributed by atoms with Crippen LogP contribution in [0.5, 0.6) is 0 Å². The number of rotatable bonds is 2. The fraction of sp³-hybridized carbons (Fsp3) is 0.889. The summed E-state index contributed by atoms with van der Waals surface area (Å²) < 4.78 is 1.06. The summed E-state index contributed by atoms with van der Waals surface area (Å²) in [6.45, 7) is 1.83. The Labute approximate surface area is 73.8 Å². The fourth-order valence-electron chi connectivity index (χ4n) is 1.69. The van der Waals surface area contributed by atoms with Crippen molar-refractivity contribution in [1.82, 2.24) is 0 Å². The summed E-state index contributed by atoms with van der Waals surface area (Å²) in [5.41, 5.74) is 5.50.